The van der Waals surface area contributed by atoms with Gasteiger partial charge in [0.05, 0.1) is 23.2 Å². The van der Waals surface area contributed by atoms with Gasteiger partial charge in [-0.3, -0.25) is 14.2 Å². The lowest BCUT2D eigenvalue weighted by Crippen LogP contribution is -2.34. The summed E-state index contributed by atoms with van der Waals surface area (Å²) in [5.41, 5.74) is 0.356. The molecular weight excluding hydrogens is 447 g/mol. The zero-order valence-corrected chi connectivity index (χ0v) is 17.7. The lowest BCUT2D eigenvalue weighted by atomic mass is 10.1. The van der Waals surface area contributed by atoms with Gasteiger partial charge in [-0.15, -0.1) is 0 Å². The number of hydrogen-bond donors (Lipinski definition) is 1. The van der Waals surface area contributed by atoms with Gasteiger partial charge in [0.1, 0.15) is 5.75 Å². The first kappa shape index (κ1) is 21.7. The first-order chi connectivity index (χ1) is 16.3. The first-order valence-corrected chi connectivity index (χ1v) is 10.5. The highest BCUT2D eigenvalue weighted by atomic mass is 19.4. The minimum absolute atomic E-state index is 0.00824. The molecule has 1 N–H and O–H groups in total. The summed E-state index contributed by atoms with van der Waals surface area (Å²) < 4.78 is 46.4. The molecule has 1 amide bonds. The highest BCUT2D eigenvalue weighted by Gasteiger charge is 2.31. The molecule has 0 saturated heterocycles. The number of rotatable bonds is 4. The molecule has 3 aromatic carbocycles. The number of carbonyl (C=O) groups is 1. The van der Waals surface area contributed by atoms with Gasteiger partial charge in [0, 0.05) is 18.7 Å². The Morgan fingerprint density at radius 2 is 1.88 bits per heavy atom. The zero-order chi connectivity index (χ0) is 23.9. The second-order valence-corrected chi connectivity index (χ2v) is 7.86. The number of fused-ring (bicyclic) bond motifs is 2. The van der Waals surface area contributed by atoms with Gasteiger partial charge in [-0.2, -0.15) is 13.2 Å². The van der Waals surface area contributed by atoms with Crippen LogP contribution in [0.5, 0.6) is 5.75 Å². The zero-order valence-electron chi connectivity index (χ0n) is 17.7. The number of halogens is 3. The van der Waals surface area contributed by atoms with E-state index in [1.165, 1.54) is 12.1 Å². The number of nitrogens with zero attached hydrogens (tertiary/aromatic N) is 2. The number of nitrogens with one attached hydrogen (secondary N) is 1. The van der Waals surface area contributed by atoms with E-state index in [0.717, 1.165) is 40.0 Å². The van der Waals surface area contributed by atoms with Gasteiger partial charge in [-0.05, 0) is 47.5 Å². The normalized spacial score (nSPS) is 12.9. The number of amides is 1. The van der Waals surface area contributed by atoms with Crippen molar-refractivity contribution in [1.29, 1.82) is 0 Å². The predicted molar refractivity (Wildman–Crippen MR) is 119 cm³/mol. The Bertz CT molecular complexity index is 1480. The van der Waals surface area contributed by atoms with Crippen molar-refractivity contribution in [2.24, 2.45) is 0 Å². The minimum Gasteiger partial charge on any atom is -0.493 e. The van der Waals surface area contributed by atoms with Crippen molar-refractivity contribution < 1.29 is 22.7 Å². The maximum atomic E-state index is 13.3. The molecule has 4 aromatic rings. The molecule has 0 bridgehead atoms. The monoisotopic (exact) mass is 465 g/mol. The third kappa shape index (κ3) is 4.00. The van der Waals surface area contributed by atoms with E-state index in [9.17, 15) is 22.8 Å². The fourth-order valence-electron chi connectivity index (χ4n) is 3.97. The molecule has 34 heavy (non-hydrogen) atoms. The van der Waals surface area contributed by atoms with E-state index in [4.69, 9.17) is 4.74 Å². The van der Waals surface area contributed by atoms with Gasteiger partial charge in [0.2, 0.25) is 0 Å². The third-order valence-corrected chi connectivity index (χ3v) is 5.61. The van der Waals surface area contributed by atoms with Crippen LogP contribution >= 0.6 is 0 Å². The van der Waals surface area contributed by atoms with Crippen molar-refractivity contribution >= 4 is 16.9 Å². The van der Waals surface area contributed by atoms with Crippen LogP contribution in [0.4, 0.5) is 13.2 Å². The van der Waals surface area contributed by atoms with E-state index in [-0.39, 0.29) is 12.2 Å². The van der Waals surface area contributed by atoms with Gasteiger partial charge >= 0.3 is 6.18 Å². The van der Waals surface area contributed by atoms with Gasteiger partial charge in [0.25, 0.3) is 11.5 Å². The van der Waals surface area contributed by atoms with Crippen LogP contribution in [0.15, 0.2) is 71.5 Å². The predicted octanol–water partition coefficient (Wildman–Crippen LogP) is 4.27. The highest BCUT2D eigenvalue weighted by Crippen LogP contribution is 2.30. The SMILES string of the molecule is O=C(NCc1ccc2c(c1)CCO2)c1nc2ccccc2n(-c2cccc(C(F)(F)F)c2)c1=O. The van der Waals surface area contributed by atoms with Crippen molar-refractivity contribution in [3.05, 3.63) is 99.5 Å². The summed E-state index contributed by atoms with van der Waals surface area (Å²) in [6, 6.07) is 16.5. The van der Waals surface area contributed by atoms with Crippen LogP contribution < -0.4 is 15.6 Å². The van der Waals surface area contributed by atoms with Crippen LogP contribution in [0.25, 0.3) is 16.7 Å². The summed E-state index contributed by atoms with van der Waals surface area (Å²) in [6.45, 7) is 0.769. The Kier molecular flexibility index (Phi) is 5.31. The number of carbonyl (C=O) groups excluding carboxylic acids is 1. The Morgan fingerprint density at radius 3 is 2.71 bits per heavy atom. The molecule has 1 aliphatic heterocycles. The second kappa shape index (κ2) is 8.33. The summed E-state index contributed by atoms with van der Waals surface area (Å²) in [5, 5.41) is 2.69. The van der Waals surface area contributed by atoms with Crippen LogP contribution in [0.3, 0.4) is 0 Å². The van der Waals surface area contributed by atoms with Crippen LogP contribution in [-0.2, 0) is 19.1 Å². The molecule has 6 nitrogen and oxygen atoms in total. The molecule has 9 heteroatoms. The number of benzene rings is 3. The summed E-state index contributed by atoms with van der Waals surface area (Å²) in [6.07, 6.45) is -3.80. The molecule has 0 saturated carbocycles. The molecule has 0 radical (unpaired) electrons. The van der Waals surface area contributed by atoms with E-state index >= 15 is 0 Å². The van der Waals surface area contributed by atoms with E-state index in [0.29, 0.717) is 17.6 Å². The molecule has 1 aromatic heterocycles. The maximum absolute atomic E-state index is 13.3. The summed E-state index contributed by atoms with van der Waals surface area (Å²) in [4.78, 5) is 30.4. The van der Waals surface area contributed by atoms with Crippen LogP contribution in [0.1, 0.15) is 27.2 Å². The van der Waals surface area contributed by atoms with Crippen LogP contribution in [-0.4, -0.2) is 22.1 Å². The topological polar surface area (TPSA) is 73.2 Å². The number of alkyl halides is 3. The quantitative estimate of drug-likeness (QED) is 0.489. The highest BCUT2D eigenvalue weighted by molar-refractivity contribution is 5.94. The van der Waals surface area contributed by atoms with Crippen molar-refractivity contribution in [2.45, 2.75) is 19.1 Å². The standard InChI is InChI=1S/C25H18F3N3O3/c26-25(27,28)17-4-3-5-18(13-17)31-20-7-2-1-6-19(20)30-22(24(31)33)23(32)29-14-15-8-9-21-16(12-15)10-11-34-21/h1-9,12-13H,10-11,14H2,(H,29,32). The maximum Gasteiger partial charge on any atom is 0.416 e. The fraction of sp³-hybridized carbons (Fsp3) is 0.160. The van der Waals surface area contributed by atoms with Crippen LogP contribution in [0.2, 0.25) is 0 Å². The van der Waals surface area contributed by atoms with Crippen molar-refractivity contribution in [2.75, 3.05) is 6.61 Å². The average molecular weight is 465 g/mol. The van der Waals surface area contributed by atoms with Gasteiger partial charge in [0.15, 0.2) is 5.69 Å². The van der Waals surface area contributed by atoms with Crippen molar-refractivity contribution in [3.63, 3.8) is 0 Å². The Balaban J connectivity index is 1.53. The molecule has 5 rings (SSSR count). The smallest absolute Gasteiger partial charge is 0.416 e. The number of para-hydroxylation sites is 2. The first-order valence-electron chi connectivity index (χ1n) is 10.5. The molecule has 1 aliphatic rings. The largest absolute Gasteiger partial charge is 0.493 e. The molecule has 0 spiro atoms. The fourth-order valence-corrected chi connectivity index (χ4v) is 3.97. The molecule has 0 fully saturated rings. The summed E-state index contributed by atoms with van der Waals surface area (Å²) in [5.74, 6) is 0.100. The molecule has 0 aliphatic carbocycles. The van der Waals surface area contributed by atoms with E-state index in [1.54, 1.807) is 24.3 Å². The Hall–Kier alpha value is -4.14. The lowest BCUT2D eigenvalue weighted by Gasteiger charge is -2.14. The molecule has 2 heterocycles. The molecule has 0 atom stereocenters. The average Bonchev–Trinajstić information content (AvgIpc) is 3.29. The van der Waals surface area contributed by atoms with Crippen LogP contribution in [0, 0.1) is 0 Å². The van der Waals surface area contributed by atoms with Crippen molar-refractivity contribution in [3.8, 4) is 11.4 Å². The van der Waals surface area contributed by atoms with Gasteiger partial charge < -0.3 is 10.1 Å². The summed E-state index contributed by atoms with van der Waals surface area (Å²) in [7, 11) is 0. The second-order valence-electron chi connectivity index (χ2n) is 7.86. The van der Waals surface area contributed by atoms with Gasteiger partial charge in [-0.25, -0.2) is 4.98 Å². The number of aromatic nitrogens is 2. The van der Waals surface area contributed by atoms with Crippen molar-refractivity contribution in [1.82, 2.24) is 14.9 Å². The molecule has 0 unspecified atom stereocenters. The molecule has 172 valence electrons. The lowest BCUT2D eigenvalue weighted by molar-refractivity contribution is -0.137. The third-order valence-electron chi connectivity index (χ3n) is 5.61. The molecular formula is C25H18F3N3O3. The van der Waals surface area contributed by atoms with E-state index in [1.807, 2.05) is 18.2 Å². The minimum atomic E-state index is -4.58. The summed E-state index contributed by atoms with van der Waals surface area (Å²) >= 11 is 0. The van der Waals surface area contributed by atoms with E-state index < -0.39 is 28.9 Å². The van der Waals surface area contributed by atoms with Gasteiger partial charge in [-0.1, -0.05) is 30.3 Å². The number of ether oxygens (including phenoxy) is 1. The Labute approximate surface area is 191 Å². The Morgan fingerprint density at radius 1 is 1.06 bits per heavy atom. The van der Waals surface area contributed by atoms with E-state index in [2.05, 4.69) is 10.3 Å². The number of hydrogen-bond acceptors (Lipinski definition) is 4.